The van der Waals surface area contributed by atoms with Gasteiger partial charge in [-0.1, -0.05) is 0 Å². The fourth-order valence-electron chi connectivity index (χ4n) is 3.26. The van der Waals surface area contributed by atoms with E-state index >= 15 is 0 Å². The van der Waals surface area contributed by atoms with Crippen LogP contribution in [0.2, 0.25) is 0 Å². The van der Waals surface area contributed by atoms with Crippen LogP contribution in [0, 0.1) is 11.7 Å². The predicted octanol–water partition coefficient (Wildman–Crippen LogP) is 2.53. The molecule has 0 spiro atoms. The number of aromatic nitrogens is 2. The largest absolute Gasteiger partial charge is 0.493 e. The normalized spacial score (nSPS) is 19.4. The number of ether oxygens (including phenoxy) is 1. The summed E-state index contributed by atoms with van der Waals surface area (Å²) in [4.78, 5) is 21.9. The topological polar surface area (TPSA) is 61.5 Å². The molecule has 1 atom stereocenters. The minimum atomic E-state index is -3.07. The summed E-state index contributed by atoms with van der Waals surface area (Å²) < 4.78 is 58.4. The Morgan fingerprint density at radius 1 is 1.18 bits per heavy atom. The third kappa shape index (κ3) is 3.91. The van der Waals surface area contributed by atoms with Crippen LogP contribution in [0.5, 0.6) is 5.75 Å². The Bertz CT molecular complexity index is 910. The zero-order valence-electron chi connectivity index (χ0n) is 15.0. The molecule has 2 fully saturated rings. The van der Waals surface area contributed by atoms with E-state index in [1.165, 1.54) is 12.1 Å². The molecule has 1 saturated heterocycles. The molecule has 0 radical (unpaired) electrons. The van der Waals surface area contributed by atoms with Crippen molar-refractivity contribution in [3.8, 4) is 5.75 Å². The number of benzene rings is 1. The summed E-state index contributed by atoms with van der Waals surface area (Å²) in [6, 6.07) is 2.69. The summed E-state index contributed by atoms with van der Waals surface area (Å²) in [6.45, 7) is 1.04. The number of H-pyrrole nitrogens is 1. The molecular formula is C18H20F4N4O2. The maximum absolute atomic E-state index is 14.4. The molecule has 1 aromatic carbocycles. The zero-order chi connectivity index (χ0) is 19.8. The quantitative estimate of drug-likeness (QED) is 0.597. The van der Waals surface area contributed by atoms with Gasteiger partial charge in [0.2, 0.25) is 12.2 Å². The van der Waals surface area contributed by atoms with E-state index < -0.39 is 24.1 Å². The molecule has 1 aliphatic carbocycles. The van der Waals surface area contributed by atoms with Crippen molar-refractivity contribution in [2.45, 2.75) is 25.6 Å². The van der Waals surface area contributed by atoms with Crippen molar-refractivity contribution in [3.63, 3.8) is 0 Å². The molecule has 0 amide bonds. The molecule has 28 heavy (non-hydrogen) atoms. The van der Waals surface area contributed by atoms with Gasteiger partial charge in [0.25, 0.3) is 12.0 Å². The first-order valence-electron chi connectivity index (χ1n) is 9.20. The smallest absolute Gasteiger partial charge is 0.282 e. The second-order valence-corrected chi connectivity index (χ2v) is 7.17. The number of hydrogen-bond donors (Lipinski definition) is 1. The highest BCUT2D eigenvalue weighted by molar-refractivity contribution is 5.80. The van der Waals surface area contributed by atoms with Gasteiger partial charge in [-0.2, -0.15) is 0 Å². The Morgan fingerprint density at radius 2 is 1.89 bits per heavy atom. The summed E-state index contributed by atoms with van der Waals surface area (Å²) in [7, 11) is 0. The highest BCUT2D eigenvalue weighted by atomic mass is 19.3. The second-order valence-electron chi connectivity index (χ2n) is 7.17. The highest BCUT2D eigenvalue weighted by Gasteiger charge is 2.30. The van der Waals surface area contributed by atoms with Crippen LogP contribution < -0.4 is 15.2 Å². The average molecular weight is 400 g/mol. The molecule has 10 heteroatoms. The minimum absolute atomic E-state index is 0.0617. The van der Waals surface area contributed by atoms with E-state index in [0.717, 1.165) is 17.7 Å². The first kappa shape index (κ1) is 19.0. The van der Waals surface area contributed by atoms with Crippen LogP contribution in [0.15, 0.2) is 16.9 Å². The van der Waals surface area contributed by atoms with Crippen molar-refractivity contribution in [1.29, 1.82) is 0 Å². The van der Waals surface area contributed by atoms with Crippen molar-refractivity contribution >= 4 is 16.9 Å². The van der Waals surface area contributed by atoms with Gasteiger partial charge in [0.1, 0.15) is 17.0 Å². The van der Waals surface area contributed by atoms with Crippen LogP contribution in [-0.4, -0.2) is 60.4 Å². The number of aromatic amines is 1. The molecule has 2 aromatic rings. The molecule has 2 aliphatic rings. The molecule has 1 saturated carbocycles. The maximum Gasteiger partial charge on any atom is 0.282 e. The number of rotatable bonds is 6. The van der Waals surface area contributed by atoms with Crippen LogP contribution >= 0.6 is 0 Å². The lowest BCUT2D eigenvalue weighted by atomic mass is 10.2. The van der Waals surface area contributed by atoms with Gasteiger partial charge in [-0.05, 0) is 18.8 Å². The van der Waals surface area contributed by atoms with Gasteiger partial charge in [0.15, 0.2) is 0 Å². The molecule has 1 aromatic heterocycles. The van der Waals surface area contributed by atoms with Crippen LogP contribution in [0.25, 0.3) is 10.9 Å². The van der Waals surface area contributed by atoms with Gasteiger partial charge < -0.3 is 9.64 Å². The standard InChI is InChI=1S/C18H20F4N4O2/c19-12-7-11(28-9-10-1-2-10)8-13-14(12)17(27)24-18(23-13)26-5-3-25(4-6-26)16(22)15(20)21/h7-8,10,15-16H,1-6,9H2,(H,23,24,27). The Morgan fingerprint density at radius 3 is 2.54 bits per heavy atom. The van der Waals surface area contributed by atoms with Crippen LogP contribution in [0.3, 0.4) is 0 Å². The Labute approximate surface area is 158 Å². The monoisotopic (exact) mass is 400 g/mol. The number of hydrogen-bond acceptors (Lipinski definition) is 5. The van der Waals surface area contributed by atoms with E-state index in [4.69, 9.17) is 4.74 Å². The first-order valence-corrected chi connectivity index (χ1v) is 9.20. The number of alkyl halides is 3. The summed E-state index contributed by atoms with van der Waals surface area (Å²) in [5, 5.41) is -0.164. The van der Waals surface area contributed by atoms with Crippen molar-refractivity contribution in [2.24, 2.45) is 5.92 Å². The minimum Gasteiger partial charge on any atom is -0.493 e. The average Bonchev–Trinajstić information content (AvgIpc) is 3.49. The van der Waals surface area contributed by atoms with E-state index in [1.807, 2.05) is 0 Å². The number of halogens is 4. The Kier molecular flexibility index (Phi) is 5.13. The van der Waals surface area contributed by atoms with Crippen LogP contribution in [0.4, 0.5) is 23.5 Å². The van der Waals surface area contributed by atoms with Crippen molar-refractivity contribution in [1.82, 2.24) is 14.9 Å². The predicted molar refractivity (Wildman–Crippen MR) is 95.2 cm³/mol. The van der Waals surface area contributed by atoms with E-state index in [9.17, 15) is 22.4 Å². The molecule has 2 heterocycles. The summed E-state index contributed by atoms with van der Waals surface area (Å²) >= 11 is 0. The van der Waals surface area contributed by atoms with Crippen molar-refractivity contribution < 1.29 is 22.3 Å². The molecule has 152 valence electrons. The number of fused-ring (bicyclic) bond motifs is 1. The molecule has 1 unspecified atom stereocenters. The SMILES string of the molecule is O=c1[nH]c(N2CCN(C(F)C(F)F)CC2)nc2cc(OCC3CC3)cc(F)c12. The first-order chi connectivity index (χ1) is 13.4. The highest BCUT2D eigenvalue weighted by Crippen LogP contribution is 2.30. The molecule has 0 bridgehead atoms. The number of piperazine rings is 1. The van der Waals surface area contributed by atoms with Gasteiger partial charge in [0, 0.05) is 38.3 Å². The van der Waals surface area contributed by atoms with E-state index in [1.54, 1.807) is 4.90 Å². The number of anilines is 1. The summed E-state index contributed by atoms with van der Waals surface area (Å²) in [6.07, 6.45) is -3.20. The van der Waals surface area contributed by atoms with Gasteiger partial charge in [0.05, 0.1) is 12.1 Å². The Balaban J connectivity index is 1.55. The van der Waals surface area contributed by atoms with Crippen LogP contribution in [-0.2, 0) is 0 Å². The molecule has 1 N–H and O–H groups in total. The van der Waals surface area contributed by atoms with Gasteiger partial charge in [-0.3, -0.25) is 14.7 Å². The zero-order valence-corrected chi connectivity index (χ0v) is 15.0. The lowest BCUT2D eigenvalue weighted by Crippen LogP contribution is -2.51. The molecule has 6 nitrogen and oxygen atoms in total. The van der Waals surface area contributed by atoms with E-state index in [0.29, 0.717) is 18.3 Å². The van der Waals surface area contributed by atoms with E-state index in [-0.39, 0.29) is 43.0 Å². The van der Waals surface area contributed by atoms with Crippen LogP contribution in [0.1, 0.15) is 12.8 Å². The molecule has 4 rings (SSSR count). The lowest BCUT2D eigenvalue weighted by molar-refractivity contribution is -0.0506. The number of nitrogens with one attached hydrogen (secondary N) is 1. The van der Waals surface area contributed by atoms with Gasteiger partial charge in [-0.15, -0.1) is 0 Å². The summed E-state index contributed by atoms with van der Waals surface area (Å²) in [5.41, 5.74) is -0.479. The fraction of sp³-hybridized carbons (Fsp3) is 0.556. The lowest BCUT2D eigenvalue weighted by Gasteiger charge is -2.36. The molecular weight excluding hydrogens is 380 g/mol. The number of nitrogens with zero attached hydrogens (tertiary/aromatic N) is 3. The van der Waals surface area contributed by atoms with Gasteiger partial charge in [-0.25, -0.2) is 22.5 Å². The second kappa shape index (κ2) is 7.57. The molecule has 1 aliphatic heterocycles. The Hall–Kier alpha value is -2.36. The summed E-state index contributed by atoms with van der Waals surface area (Å²) in [5.74, 6) is 0.280. The third-order valence-corrected chi connectivity index (χ3v) is 5.07. The van der Waals surface area contributed by atoms with Crippen molar-refractivity contribution in [2.75, 3.05) is 37.7 Å². The van der Waals surface area contributed by atoms with Gasteiger partial charge >= 0.3 is 0 Å². The third-order valence-electron chi connectivity index (χ3n) is 5.07. The van der Waals surface area contributed by atoms with Crippen molar-refractivity contribution in [3.05, 3.63) is 28.3 Å². The fourth-order valence-corrected chi connectivity index (χ4v) is 3.26. The van der Waals surface area contributed by atoms with E-state index in [2.05, 4.69) is 9.97 Å². The maximum atomic E-state index is 14.4.